The molecule has 0 saturated carbocycles. The van der Waals surface area contributed by atoms with Crippen LogP contribution in [0.5, 0.6) is 0 Å². The topological polar surface area (TPSA) is 106 Å². The summed E-state index contributed by atoms with van der Waals surface area (Å²) in [6.07, 6.45) is 6.10. The van der Waals surface area contributed by atoms with Gasteiger partial charge in [-0.25, -0.2) is 19.3 Å². The maximum Gasteiger partial charge on any atom is 0.228 e. The van der Waals surface area contributed by atoms with Crippen molar-refractivity contribution in [2.24, 2.45) is 5.92 Å². The molecule has 7 rings (SSSR count). The zero-order valence-corrected chi connectivity index (χ0v) is 25.7. The molecule has 46 heavy (non-hydrogen) atoms. The number of aromatic nitrogens is 5. The van der Waals surface area contributed by atoms with Gasteiger partial charge in [-0.05, 0) is 80.6 Å². The Morgan fingerprint density at radius 3 is 2.57 bits per heavy atom. The zero-order chi connectivity index (χ0) is 31.6. The maximum atomic E-state index is 13.4. The first-order chi connectivity index (χ1) is 22.4. The van der Waals surface area contributed by atoms with Gasteiger partial charge >= 0.3 is 0 Å². The molecule has 5 heterocycles. The number of anilines is 2. The number of halogens is 1. The van der Waals surface area contributed by atoms with Crippen molar-refractivity contribution in [3.63, 3.8) is 0 Å². The number of carbonyl (C=O) groups excluding carboxylic acids is 1. The van der Waals surface area contributed by atoms with Crippen LogP contribution in [-0.4, -0.2) is 86.2 Å². The van der Waals surface area contributed by atoms with Gasteiger partial charge in [0.2, 0.25) is 5.91 Å². The second-order valence-electron chi connectivity index (χ2n) is 12.1. The van der Waals surface area contributed by atoms with Gasteiger partial charge in [0.25, 0.3) is 0 Å². The van der Waals surface area contributed by atoms with E-state index < -0.39 is 0 Å². The summed E-state index contributed by atoms with van der Waals surface area (Å²) in [6.45, 7) is 11.5. The molecule has 2 aliphatic heterocycles. The number of nitrogens with one attached hydrogen (secondary N) is 2. The fourth-order valence-corrected chi connectivity index (χ4v) is 6.49. The van der Waals surface area contributed by atoms with E-state index in [1.165, 1.54) is 12.1 Å². The fourth-order valence-electron chi connectivity index (χ4n) is 6.49. The first kappa shape index (κ1) is 29.5. The second-order valence-corrected chi connectivity index (χ2v) is 12.1. The summed E-state index contributed by atoms with van der Waals surface area (Å²) >= 11 is 0. The molecule has 1 amide bonds. The van der Waals surface area contributed by atoms with Crippen LogP contribution in [0.3, 0.4) is 0 Å². The highest BCUT2D eigenvalue weighted by molar-refractivity contribution is 5.99. The minimum absolute atomic E-state index is 0.0126. The van der Waals surface area contributed by atoms with Gasteiger partial charge in [-0.3, -0.25) is 14.8 Å². The SMILES string of the molecule is C=C(CN1CCC(C(=O)Nc2ccc3[nH]nc(-c4ccc(F)cc4)c3c2)C1)N1CCN(c2ccc(-c3ncccn3)cn2)C[C@@H]1C. The van der Waals surface area contributed by atoms with Crippen LogP contribution in [0.1, 0.15) is 13.3 Å². The largest absolute Gasteiger partial charge is 0.368 e. The van der Waals surface area contributed by atoms with Crippen LogP contribution in [0.2, 0.25) is 0 Å². The Morgan fingerprint density at radius 1 is 1.00 bits per heavy atom. The standard InChI is InChI=1S/C35H36FN9O/c1-23(45-17-16-44(21-24(45)2)32-11-6-26(19-39-32)34-37-13-3-14-38-34)20-43-15-12-27(22-43)35(46)40-29-9-10-31-30(18-29)33(42-41-31)25-4-7-28(36)8-5-25/h3-11,13-14,18-19,24,27H,1,12,15-17,20-22H2,2H3,(H,40,46)(H,41,42)/t24-,27?/m0/s1. The summed E-state index contributed by atoms with van der Waals surface area (Å²) in [4.78, 5) is 33.6. The van der Waals surface area contributed by atoms with Crippen LogP contribution in [0.25, 0.3) is 33.5 Å². The molecule has 11 heteroatoms. The minimum Gasteiger partial charge on any atom is -0.368 e. The second kappa shape index (κ2) is 12.7. The Morgan fingerprint density at radius 2 is 1.80 bits per heavy atom. The molecular formula is C35H36FN9O. The number of piperazine rings is 1. The Kier molecular flexibility index (Phi) is 8.15. The number of H-pyrrole nitrogens is 1. The maximum absolute atomic E-state index is 13.4. The number of rotatable bonds is 8. The van der Waals surface area contributed by atoms with Gasteiger partial charge in [-0.15, -0.1) is 0 Å². The Hall–Kier alpha value is -5.16. The van der Waals surface area contributed by atoms with Crippen molar-refractivity contribution in [1.82, 2.24) is 34.9 Å². The quantitative estimate of drug-likeness (QED) is 0.245. The summed E-state index contributed by atoms with van der Waals surface area (Å²) in [5.41, 5.74) is 5.08. The van der Waals surface area contributed by atoms with E-state index in [0.717, 1.165) is 78.4 Å². The van der Waals surface area contributed by atoms with E-state index in [1.54, 1.807) is 30.6 Å². The van der Waals surface area contributed by atoms with Crippen LogP contribution in [-0.2, 0) is 4.79 Å². The molecule has 2 atom stereocenters. The highest BCUT2D eigenvalue weighted by Crippen LogP contribution is 2.30. The van der Waals surface area contributed by atoms with E-state index in [9.17, 15) is 9.18 Å². The number of likely N-dealkylation sites (tertiary alicyclic amines) is 1. The average Bonchev–Trinajstić information content (AvgIpc) is 3.73. The number of amides is 1. The van der Waals surface area contributed by atoms with Crippen LogP contribution in [0.4, 0.5) is 15.9 Å². The molecule has 0 aliphatic carbocycles. The zero-order valence-electron chi connectivity index (χ0n) is 25.7. The van der Waals surface area contributed by atoms with Crippen molar-refractivity contribution < 1.29 is 9.18 Å². The summed E-state index contributed by atoms with van der Waals surface area (Å²) < 4.78 is 13.4. The number of carbonyl (C=O) groups is 1. The Balaban J connectivity index is 0.917. The van der Waals surface area contributed by atoms with Crippen molar-refractivity contribution in [3.05, 3.63) is 97.3 Å². The number of benzene rings is 2. The van der Waals surface area contributed by atoms with E-state index in [-0.39, 0.29) is 23.7 Å². The highest BCUT2D eigenvalue weighted by Gasteiger charge is 2.31. The molecule has 0 radical (unpaired) electrons. The number of fused-ring (bicyclic) bond motifs is 1. The van der Waals surface area contributed by atoms with Gasteiger partial charge in [-0.2, -0.15) is 5.10 Å². The van der Waals surface area contributed by atoms with Gasteiger partial charge in [-0.1, -0.05) is 6.58 Å². The molecule has 234 valence electrons. The molecule has 2 N–H and O–H groups in total. The lowest BCUT2D eigenvalue weighted by Gasteiger charge is -2.43. The molecule has 1 unspecified atom stereocenters. The third-order valence-corrected chi connectivity index (χ3v) is 8.93. The van der Waals surface area contributed by atoms with E-state index in [2.05, 4.69) is 53.7 Å². The van der Waals surface area contributed by atoms with Crippen molar-refractivity contribution in [1.29, 1.82) is 0 Å². The smallest absolute Gasteiger partial charge is 0.228 e. The van der Waals surface area contributed by atoms with E-state index in [4.69, 9.17) is 4.98 Å². The lowest BCUT2D eigenvalue weighted by Crippen LogP contribution is -2.52. The Labute approximate surface area is 267 Å². The van der Waals surface area contributed by atoms with E-state index >= 15 is 0 Å². The fraction of sp³-hybridized carbons (Fsp3) is 0.286. The molecule has 10 nitrogen and oxygen atoms in total. The average molecular weight is 618 g/mol. The molecule has 0 spiro atoms. The molecule has 0 bridgehead atoms. The predicted molar refractivity (Wildman–Crippen MR) is 177 cm³/mol. The normalized spacial score (nSPS) is 18.7. The highest BCUT2D eigenvalue weighted by atomic mass is 19.1. The molecule has 2 saturated heterocycles. The third kappa shape index (κ3) is 6.18. The van der Waals surface area contributed by atoms with Crippen molar-refractivity contribution in [2.45, 2.75) is 19.4 Å². The van der Waals surface area contributed by atoms with Crippen LogP contribution in [0, 0.1) is 11.7 Å². The molecule has 3 aromatic heterocycles. The summed E-state index contributed by atoms with van der Waals surface area (Å²) in [7, 11) is 0. The lowest BCUT2D eigenvalue weighted by molar-refractivity contribution is -0.119. The van der Waals surface area contributed by atoms with Crippen LogP contribution in [0.15, 0.2) is 91.5 Å². The molecule has 2 aliphatic rings. The summed E-state index contributed by atoms with van der Waals surface area (Å²) in [6, 6.07) is 18.1. The molecule has 2 aromatic carbocycles. The summed E-state index contributed by atoms with van der Waals surface area (Å²) in [5.74, 6) is 1.24. The lowest BCUT2D eigenvalue weighted by atomic mass is 10.1. The number of hydrogen-bond acceptors (Lipinski definition) is 8. The van der Waals surface area contributed by atoms with Crippen LogP contribution >= 0.6 is 0 Å². The number of hydrogen-bond donors (Lipinski definition) is 2. The first-order valence-electron chi connectivity index (χ1n) is 15.6. The number of aromatic amines is 1. The van der Waals surface area contributed by atoms with Crippen LogP contribution < -0.4 is 10.2 Å². The molecule has 2 fully saturated rings. The van der Waals surface area contributed by atoms with Crippen molar-refractivity contribution in [2.75, 3.05) is 49.5 Å². The molecule has 5 aromatic rings. The minimum atomic E-state index is -0.294. The predicted octanol–water partition coefficient (Wildman–Crippen LogP) is 5.21. The third-order valence-electron chi connectivity index (χ3n) is 8.93. The number of nitrogens with zero attached hydrogens (tertiary/aromatic N) is 7. The van der Waals surface area contributed by atoms with Gasteiger partial charge < -0.3 is 15.1 Å². The van der Waals surface area contributed by atoms with Gasteiger partial charge in [0.1, 0.15) is 11.6 Å². The summed E-state index contributed by atoms with van der Waals surface area (Å²) in [5, 5.41) is 11.4. The number of pyridine rings is 1. The van der Waals surface area contributed by atoms with Crippen molar-refractivity contribution >= 4 is 28.3 Å². The Bertz CT molecular complexity index is 1840. The van der Waals surface area contributed by atoms with Gasteiger partial charge in [0.15, 0.2) is 5.82 Å². The van der Waals surface area contributed by atoms with E-state index in [0.29, 0.717) is 18.1 Å². The monoisotopic (exact) mass is 617 g/mol. The first-order valence-corrected chi connectivity index (χ1v) is 15.6. The van der Waals surface area contributed by atoms with Crippen molar-refractivity contribution in [3.8, 4) is 22.6 Å². The molecular weight excluding hydrogens is 581 g/mol. The van der Waals surface area contributed by atoms with Gasteiger partial charge in [0, 0.05) is 85.3 Å². The van der Waals surface area contributed by atoms with E-state index in [1.807, 2.05) is 36.5 Å². The van der Waals surface area contributed by atoms with Gasteiger partial charge in [0.05, 0.1) is 17.1 Å².